The Bertz CT molecular complexity index is 369. The summed E-state index contributed by atoms with van der Waals surface area (Å²) in [5.74, 6) is -3.20. The van der Waals surface area contributed by atoms with Gasteiger partial charge in [0.1, 0.15) is 11.6 Å². The number of benzene rings is 1. The Kier molecular flexibility index (Phi) is 2.55. The Hall–Kier alpha value is -1.46. The highest BCUT2D eigenvalue weighted by molar-refractivity contribution is 5.76. The Labute approximate surface area is 75.2 Å². The second-order valence-corrected chi connectivity index (χ2v) is 2.44. The lowest BCUT2D eigenvalue weighted by Crippen LogP contribution is -2.11. The Morgan fingerprint density at radius 2 is 1.71 bits per heavy atom. The Morgan fingerprint density at radius 3 is 2.14 bits per heavy atom. The molecular formula is C8H3F5O. The van der Waals surface area contributed by atoms with E-state index in [-0.39, 0.29) is 12.4 Å². The van der Waals surface area contributed by atoms with Crippen LogP contribution in [0, 0.1) is 11.6 Å². The van der Waals surface area contributed by atoms with E-state index in [0.717, 1.165) is 0 Å². The third-order valence-corrected chi connectivity index (χ3v) is 1.55. The van der Waals surface area contributed by atoms with Crippen molar-refractivity contribution in [1.82, 2.24) is 0 Å². The molecule has 0 fully saturated rings. The number of hydrogen-bond acceptors (Lipinski definition) is 1. The number of halogens is 5. The summed E-state index contributed by atoms with van der Waals surface area (Å²) in [7, 11) is 0. The third kappa shape index (κ3) is 1.73. The molecule has 1 nitrogen and oxygen atoms in total. The molecule has 14 heavy (non-hydrogen) atoms. The number of carbonyl (C=O) groups excluding carboxylic acids is 1. The molecule has 0 aliphatic carbocycles. The molecule has 0 saturated carbocycles. The summed E-state index contributed by atoms with van der Waals surface area (Å²) >= 11 is 0. The zero-order valence-corrected chi connectivity index (χ0v) is 6.53. The fourth-order valence-corrected chi connectivity index (χ4v) is 0.896. The van der Waals surface area contributed by atoms with Crippen molar-refractivity contribution in [2.75, 3.05) is 0 Å². The van der Waals surface area contributed by atoms with E-state index in [1.807, 2.05) is 0 Å². The molecule has 0 bridgehead atoms. The van der Waals surface area contributed by atoms with E-state index in [1.54, 1.807) is 0 Å². The highest BCUT2D eigenvalue weighted by Gasteiger charge is 2.35. The summed E-state index contributed by atoms with van der Waals surface area (Å²) in [6.07, 6.45) is -5.23. The van der Waals surface area contributed by atoms with E-state index >= 15 is 0 Å². The topological polar surface area (TPSA) is 17.1 Å². The van der Waals surface area contributed by atoms with Gasteiger partial charge in [0.05, 0.1) is 11.1 Å². The number of alkyl halides is 3. The van der Waals surface area contributed by atoms with Gasteiger partial charge in [-0.2, -0.15) is 13.2 Å². The van der Waals surface area contributed by atoms with Crippen LogP contribution in [0.15, 0.2) is 12.1 Å². The maximum absolute atomic E-state index is 12.8. The van der Waals surface area contributed by atoms with Gasteiger partial charge in [-0.25, -0.2) is 8.78 Å². The molecule has 0 heterocycles. The van der Waals surface area contributed by atoms with Crippen molar-refractivity contribution < 1.29 is 26.7 Å². The average molecular weight is 210 g/mol. The number of aldehydes is 1. The van der Waals surface area contributed by atoms with Gasteiger partial charge >= 0.3 is 6.18 Å². The molecule has 0 amide bonds. The lowest BCUT2D eigenvalue weighted by Gasteiger charge is -2.08. The monoisotopic (exact) mass is 210 g/mol. The lowest BCUT2D eigenvalue weighted by atomic mass is 10.1. The Balaban J connectivity index is 3.43. The van der Waals surface area contributed by atoms with E-state index < -0.39 is 28.9 Å². The van der Waals surface area contributed by atoms with Crippen LogP contribution in [0.5, 0.6) is 0 Å². The third-order valence-electron chi connectivity index (χ3n) is 1.55. The second kappa shape index (κ2) is 3.36. The van der Waals surface area contributed by atoms with E-state index in [1.165, 1.54) is 0 Å². The van der Waals surface area contributed by atoms with Crippen molar-refractivity contribution in [2.45, 2.75) is 6.18 Å². The van der Waals surface area contributed by atoms with Crippen LogP contribution in [-0.2, 0) is 6.18 Å². The molecule has 0 N–H and O–H groups in total. The first kappa shape index (κ1) is 10.6. The average Bonchev–Trinajstić information content (AvgIpc) is 2.02. The first-order chi connectivity index (χ1) is 6.38. The number of hydrogen-bond donors (Lipinski definition) is 0. The van der Waals surface area contributed by atoms with Crippen molar-refractivity contribution >= 4 is 6.29 Å². The van der Waals surface area contributed by atoms with E-state index in [0.29, 0.717) is 6.07 Å². The number of carbonyl (C=O) groups is 1. The lowest BCUT2D eigenvalue weighted by molar-refractivity contribution is -0.140. The highest BCUT2D eigenvalue weighted by Crippen LogP contribution is 2.32. The first-order valence-corrected chi connectivity index (χ1v) is 3.38. The molecule has 0 aromatic heterocycles. The maximum atomic E-state index is 12.8. The van der Waals surface area contributed by atoms with Crippen molar-refractivity contribution in [1.29, 1.82) is 0 Å². The van der Waals surface area contributed by atoms with Gasteiger partial charge in [0.2, 0.25) is 0 Å². The highest BCUT2D eigenvalue weighted by atomic mass is 19.4. The summed E-state index contributed by atoms with van der Waals surface area (Å²) in [4.78, 5) is 10.1. The molecule has 1 aromatic carbocycles. The van der Waals surface area contributed by atoms with Crippen LogP contribution in [0.3, 0.4) is 0 Å². The maximum Gasteiger partial charge on any atom is 0.419 e. The van der Waals surface area contributed by atoms with Gasteiger partial charge in [-0.1, -0.05) is 0 Å². The SMILES string of the molecule is O=Cc1c(F)ccc(C(F)(F)F)c1F. The molecule has 6 heteroatoms. The molecular weight excluding hydrogens is 207 g/mol. The summed E-state index contributed by atoms with van der Waals surface area (Å²) in [5.41, 5.74) is -2.86. The zero-order valence-electron chi connectivity index (χ0n) is 6.53. The summed E-state index contributed by atoms with van der Waals surface area (Å²) in [6, 6.07) is 0.646. The summed E-state index contributed by atoms with van der Waals surface area (Å²) in [5, 5.41) is 0. The van der Waals surface area contributed by atoms with Crippen LogP contribution < -0.4 is 0 Å². The van der Waals surface area contributed by atoms with Crippen LogP contribution in [0.1, 0.15) is 15.9 Å². The van der Waals surface area contributed by atoms with Crippen molar-refractivity contribution in [3.63, 3.8) is 0 Å². The van der Waals surface area contributed by atoms with Crippen LogP contribution in [0.4, 0.5) is 22.0 Å². The Morgan fingerprint density at radius 1 is 1.14 bits per heavy atom. The molecule has 1 rings (SSSR count). The zero-order chi connectivity index (χ0) is 10.9. The minimum Gasteiger partial charge on any atom is -0.298 e. The van der Waals surface area contributed by atoms with Crippen molar-refractivity contribution in [3.05, 3.63) is 34.9 Å². The van der Waals surface area contributed by atoms with Gasteiger partial charge in [0, 0.05) is 0 Å². The molecule has 0 aliphatic heterocycles. The molecule has 0 saturated heterocycles. The van der Waals surface area contributed by atoms with Crippen LogP contribution in [0.25, 0.3) is 0 Å². The fraction of sp³-hybridized carbons (Fsp3) is 0.125. The molecule has 0 aliphatic rings. The van der Waals surface area contributed by atoms with Gasteiger partial charge in [-0.05, 0) is 12.1 Å². The van der Waals surface area contributed by atoms with Crippen LogP contribution in [0.2, 0.25) is 0 Å². The normalized spacial score (nSPS) is 11.5. The molecule has 0 spiro atoms. The summed E-state index contributed by atoms with van der Waals surface area (Å²) < 4.78 is 61.5. The minimum atomic E-state index is -4.93. The number of rotatable bonds is 1. The van der Waals surface area contributed by atoms with Crippen LogP contribution >= 0.6 is 0 Å². The largest absolute Gasteiger partial charge is 0.419 e. The molecule has 76 valence electrons. The smallest absolute Gasteiger partial charge is 0.298 e. The summed E-state index contributed by atoms with van der Waals surface area (Å²) in [6.45, 7) is 0. The van der Waals surface area contributed by atoms with E-state index in [4.69, 9.17) is 0 Å². The van der Waals surface area contributed by atoms with Gasteiger partial charge < -0.3 is 0 Å². The van der Waals surface area contributed by atoms with Crippen molar-refractivity contribution in [3.8, 4) is 0 Å². The minimum absolute atomic E-state index is 0.248. The van der Waals surface area contributed by atoms with Crippen LogP contribution in [-0.4, -0.2) is 6.29 Å². The standard InChI is InChI=1S/C8H3F5O/c9-6-2-1-5(8(11,12)13)7(10)4(6)3-14/h1-3H. The van der Waals surface area contributed by atoms with Crippen molar-refractivity contribution in [2.24, 2.45) is 0 Å². The second-order valence-electron chi connectivity index (χ2n) is 2.44. The predicted octanol–water partition coefficient (Wildman–Crippen LogP) is 2.80. The predicted molar refractivity (Wildman–Crippen MR) is 36.7 cm³/mol. The van der Waals surface area contributed by atoms with E-state index in [2.05, 4.69) is 0 Å². The molecule has 0 radical (unpaired) electrons. The molecule has 0 atom stereocenters. The van der Waals surface area contributed by atoms with Gasteiger partial charge in [0.15, 0.2) is 6.29 Å². The van der Waals surface area contributed by atoms with E-state index in [9.17, 15) is 26.7 Å². The quantitative estimate of drug-likeness (QED) is 0.514. The molecule has 0 unspecified atom stereocenters. The van der Waals surface area contributed by atoms with Gasteiger partial charge in [-0.15, -0.1) is 0 Å². The van der Waals surface area contributed by atoms with Gasteiger partial charge in [0.25, 0.3) is 0 Å². The fourth-order valence-electron chi connectivity index (χ4n) is 0.896. The molecule has 1 aromatic rings. The van der Waals surface area contributed by atoms with Gasteiger partial charge in [-0.3, -0.25) is 4.79 Å². The first-order valence-electron chi connectivity index (χ1n) is 3.38.